The van der Waals surface area contributed by atoms with Gasteiger partial charge in [0.25, 0.3) is 0 Å². The number of anilines is 1. The SMILES string of the molecule is CCNC(=NCc1csc(N(C)C)n1)N1CCC(c2cc(OC)cc(OC)c2)C1.I. The molecule has 9 heteroatoms. The fourth-order valence-corrected chi connectivity index (χ4v) is 4.20. The van der Waals surface area contributed by atoms with Crippen molar-refractivity contribution < 1.29 is 9.47 Å². The van der Waals surface area contributed by atoms with E-state index in [1.54, 1.807) is 25.6 Å². The molecular weight excluding hydrogens is 513 g/mol. The summed E-state index contributed by atoms with van der Waals surface area (Å²) in [5.74, 6) is 3.03. The maximum atomic E-state index is 5.44. The number of methoxy groups -OCH3 is 2. The number of rotatable bonds is 7. The molecule has 3 rings (SSSR count). The van der Waals surface area contributed by atoms with Crippen LogP contribution < -0.4 is 19.7 Å². The van der Waals surface area contributed by atoms with Crippen LogP contribution >= 0.6 is 35.3 Å². The summed E-state index contributed by atoms with van der Waals surface area (Å²) in [4.78, 5) is 13.8. The Bertz CT molecular complexity index is 820. The van der Waals surface area contributed by atoms with Crippen molar-refractivity contribution in [2.45, 2.75) is 25.8 Å². The molecule has 0 bridgehead atoms. The van der Waals surface area contributed by atoms with Crippen LogP contribution in [0.25, 0.3) is 0 Å². The number of benzene rings is 1. The molecule has 1 fully saturated rings. The molecule has 1 unspecified atom stereocenters. The van der Waals surface area contributed by atoms with Gasteiger partial charge in [0.1, 0.15) is 11.5 Å². The second-order valence-electron chi connectivity index (χ2n) is 7.26. The van der Waals surface area contributed by atoms with Crippen LogP contribution in [0.15, 0.2) is 28.6 Å². The molecule has 7 nitrogen and oxygen atoms in total. The summed E-state index contributed by atoms with van der Waals surface area (Å²) < 4.78 is 10.9. The molecule has 1 N–H and O–H groups in total. The monoisotopic (exact) mass is 545 g/mol. The van der Waals surface area contributed by atoms with E-state index in [1.807, 2.05) is 25.1 Å². The highest BCUT2D eigenvalue weighted by Crippen LogP contribution is 2.33. The van der Waals surface area contributed by atoms with Crippen molar-refractivity contribution in [1.29, 1.82) is 0 Å². The van der Waals surface area contributed by atoms with Crippen LogP contribution in [0.4, 0.5) is 5.13 Å². The van der Waals surface area contributed by atoms with Gasteiger partial charge >= 0.3 is 0 Å². The summed E-state index contributed by atoms with van der Waals surface area (Å²) in [5.41, 5.74) is 2.25. The number of hydrogen-bond donors (Lipinski definition) is 1. The number of guanidine groups is 1. The third kappa shape index (κ3) is 6.13. The van der Waals surface area contributed by atoms with Crippen molar-refractivity contribution in [1.82, 2.24) is 15.2 Å². The van der Waals surface area contributed by atoms with Gasteiger partial charge in [-0.1, -0.05) is 0 Å². The molecule has 30 heavy (non-hydrogen) atoms. The largest absolute Gasteiger partial charge is 0.497 e. The van der Waals surface area contributed by atoms with E-state index in [0.717, 1.165) is 54.3 Å². The van der Waals surface area contributed by atoms with Gasteiger partial charge in [0.2, 0.25) is 0 Å². The summed E-state index contributed by atoms with van der Waals surface area (Å²) in [6.07, 6.45) is 1.07. The second kappa shape index (κ2) is 11.6. The van der Waals surface area contributed by atoms with Gasteiger partial charge in [0, 0.05) is 51.1 Å². The number of nitrogens with zero attached hydrogens (tertiary/aromatic N) is 4. The summed E-state index contributed by atoms with van der Waals surface area (Å²) in [7, 11) is 7.40. The van der Waals surface area contributed by atoms with Gasteiger partial charge in [-0.2, -0.15) is 0 Å². The average molecular weight is 545 g/mol. The smallest absolute Gasteiger partial charge is 0.194 e. The van der Waals surface area contributed by atoms with Crippen molar-refractivity contribution in [3.63, 3.8) is 0 Å². The van der Waals surface area contributed by atoms with Crippen LogP contribution in [-0.2, 0) is 6.54 Å². The molecule has 0 amide bonds. The number of halogens is 1. The van der Waals surface area contributed by atoms with Crippen molar-refractivity contribution in [3.05, 3.63) is 34.8 Å². The quantitative estimate of drug-likeness (QED) is 0.325. The highest BCUT2D eigenvalue weighted by Gasteiger charge is 2.27. The molecule has 1 saturated heterocycles. The topological polar surface area (TPSA) is 62.2 Å². The first kappa shape index (κ1) is 24.5. The predicted octanol–water partition coefficient (Wildman–Crippen LogP) is 3.80. The lowest BCUT2D eigenvalue weighted by atomic mass is 9.98. The van der Waals surface area contributed by atoms with Crippen molar-refractivity contribution in [2.75, 3.05) is 52.8 Å². The summed E-state index contributed by atoms with van der Waals surface area (Å²) in [5, 5.41) is 6.52. The molecule has 1 aromatic carbocycles. The third-order valence-corrected chi connectivity index (χ3v) is 6.04. The Labute approximate surface area is 200 Å². The Kier molecular flexibility index (Phi) is 9.47. The van der Waals surface area contributed by atoms with Crippen molar-refractivity contribution in [2.24, 2.45) is 4.99 Å². The molecule has 2 heterocycles. The average Bonchev–Trinajstić information content (AvgIpc) is 3.40. The second-order valence-corrected chi connectivity index (χ2v) is 8.10. The maximum absolute atomic E-state index is 5.44. The van der Waals surface area contributed by atoms with Gasteiger partial charge in [0.05, 0.1) is 26.5 Å². The highest BCUT2D eigenvalue weighted by molar-refractivity contribution is 14.0. The zero-order valence-corrected chi connectivity index (χ0v) is 21.5. The Morgan fingerprint density at radius 1 is 1.27 bits per heavy atom. The van der Waals surface area contributed by atoms with Gasteiger partial charge < -0.3 is 24.6 Å². The molecule has 0 saturated carbocycles. The lowest BCUT2D eigenvalue weighted by Gasteiger charge is -2.22. The third-order valence-electron chi connectivity index (χ3n) is 4.98. The van der Waals surface area contributed by atoms with E-state index in [9.17, 15) is 0 Å². The maximum Gasteiger partial charge on any atom is 0.194 e. The van der Waals surface area contributed by atoms with E-state index in [4.69, 9.17) is 14.5 Å². The molecule has 0 spiro atoms. The number of nitrogens with one attached hydrogen (secondary N) is 1. The standard InChI is InChI=1S/C21H31N5O2S.HI/c1-6-22-20(23-12-17-14-29-21(24-17)25(2)3)26-8-7-15(13-26)16-9-18(27-4)11-19(10-16)28-5;/h9-11,14-15H,6-8,12-13H2,1-5H3,(H,22,23);1H. The summed E-state index contributed by atoms with van der Waals surface area (Å²) in [6.45, 7) is 5.41. The van der Waals surface area contributed by atoms with Crippen molar-refractivity contribution in [3.8, 4) is 11.5 Å². The lowest BCUT2D eigenvalue weighted by Crippen LogP contribution is -2.40. The van der Waals surface area contributed by atoms with E-state index in [2.05, 4.69) is 39.6 Å². The molecule has 1 aliphatic heterocycles. The first-order chi connectivity index (χ1) is 14.0. The molecule has 0 radical (unpaired) electrons. The normalized spacial score (nSPS) is 16.2. The predicted molar refractivity (Wildman–Crippen MR) is 135 cm³/mol. The summed E-state index contributed by atoms with van der Waals surface area (Å²) >= 11 is 1.65. The van der Waals surface area contributed by atoms with Gasteiger partial charge in [-0.15, -0.1) is 35.3 Å². The van der Waals surface area contributed by atoms with Gasteiger partial charge in [-0.05, 0) is 31.0 Å². The fraction of sp³-hybridized carbons (Fsp3) is 0.524. The molecule has 1 aromatic heterocycles. The molecule has 1 atom stereocenters. The van der Waals surface area contributed by atoms with E-state index in [0.29, 0.717) is 12.5 Å². The van der Waals surface area contributed by atoms with Crippen LogP contribution in [0, 0.1) is 0 Å². The number of aromatic nitrogens is 1. The Morgan fingerprint density at radius 2 is 1.97 bits per heavy atom. The van der Waals surface area contributed by atoms with E-state index >= 15 is 0 Å². The van der Waals surface area contributed by atoms with Gasteiger partial charge in [0.15, 0.2) is 11.1 Å². The van der Waals surface area contributed by atoms with E-state index < -0.39 is 0 Å². The highest BCUT2D eigenvalue weighted by atomic mass is 127. The fourth-order valence-electron chi connectivity index (χ4n) is 3.45. The minimum Gasteiger partial charge on any atom is -0.497 e. The minimum absolute atomic E-state index is 0. The summed E-state index contributed by atoms with van der Waals surface area (Å²) in [6, 6.07) is 6.13. The molecule has 0 aliphatic carbocycles. The number of ether oxygens (including phenoxy) is 2. The van der Waals surface area contributed by atoms with E-state index in [1.165, 1.54) is 5.56 Å². The van der Waals surface area contributed by atoms with Crippen LogP contribution in [0.3, 0.4) is 0 Å². The number of aliphatic imine (C=N–C) groups is 1. The van der Waals surface area contributed by atoms with Crippen LogP contribution in [0.2, 0.25) is 0 Å². The van der Waals surface area contributed by atoms with Gasteiger partial charge in [-0.3, -0.25) is 0 Å². The minimum atomic E-state index is 0. The van der Waals surface area contributed by atoms with Crippen LogP contribution in [-0.4, -0.2) is 63.8 Å². The molecule has 166 valence electrons. The molecule has 1 aliphatic rings. The van der Waals surface area contributed by atoms with Crippen LogP contribution in [0.5, 0.6) is 11.5 Å². The number of thiazole rings is 1. The zero-order chi connectivity index (χ0) is 20.8. The zero-order valence-electron chi connectivity index (χ0n) is 18.3. The van der Waals surface area contributed by atoms with Crippen LogP contribution in [0.1, 0.15) is 30.5 Å². The lowest BCUT2D eigenvalue weighted by molar-refractivity contribution is 0.392. The molecule has 2 aromatic rings. The van der Waals surface area contributed by atoms with Gasteiger partial charge in [-0.25, -0.2) is 9.98 Å². The van der Waals surface area contributed by atoms with E-state index in [-0.39, 0.29) is 24.0 Å². The first-order valence-electron chi connectivity index (χ1n) is 9.92. The van der Waals surface area contributed by atoms with Crippen molar-refractivity contribution >= 4 is 46.4 Å². The first-order valence-corrected chi connectivity index (χ1v) is 10.8. The Balaban J connectivity index is 0.00000320. The Hall–Kier alpha value is -1.75. The molecular formula is C21H32IN5O2S. The number of likely N-dealkylation sites (tertiary alicyclic amines) is 1. The number of hydrogen-bond acceptors (Lipinski definition) is 6. The Morgan fingerprint density at radius 3 is 2.53 bits per heavy atom.